The Kier molecular flexibility index (Phi) is 4.55. The van der Waals surface area contributed by atoms with Gasteiger partial charge in [-0.15, -0.1) is 0 Å². The summed E-state index contributed by atoms with van der Waals surface area (Å²) in [4.78, 5) is 25.2. The molecule has 1 aliphatic rings. The van der Waals surface area contributed by atoms with E-state index in [9.17, 15) is 9.59 Å². The maximum absolute atomic E-state index is 12.2. The predicted octanol–water partition coefficient (Wildman–Crippen LogP) is 2.08. The number of benzene rings is 1. The summed E-state index contributed by atoms with van der Waals surface area (Å²) in [6.45, 7) is 3.07. The van der Waals surface area contributed by atoms with Gasteiger partial charge in [0.2, 0.25) is 0 Å². The third-order valence-electron chi connectivity index (χ3n) is 2.91. The first-order valence-corrected chi connectivity index (χ1v) is 6.88. The number of rotatable bonds is 5. The number of amides is 3. The van der Waals surface area contributed by atoms with Crippen molar-refractivity contribution in [2.75, 3.05) is 19.8 Å². The first-order chi connectivity index (χ1) is 9.15. The molecular formula is C13H15BrN2O3. The van der Waals surface area contributed by atoms with Crippen molar-refractivity contribution in [2.24, 2.45) is 0 Å². The van der Waals surface area contributed by atoms with Crippen LogP contribution < -0.4 is 5.32 Å². The van der Waals surface area contributed by atoms with Crippen LogP contribution in [0.5, 0.6) is 0 Å². The van der Waals surface area contributed by atoms with Gasteiger partial charge in [0.15, 0.2) is 0 Å². The van der Waals surface area contributed by atoms with Crippen molar-refractivity contribution in [1.82, 2.24) is 10.2 Å². The Morgan fingerprint density at radius 3 is 2.79 bits per heavy atom. The number of hydrogen-bond donors (Lipinski definition) is 1. The molecule has 1 aliphatic heterocycles. The Labute approximate surface area is 120 Å². The van der Waals surface area contributed by atoms with Gasteiger partial charge in [0.05, 0.1) is 13.2 Å². The second kappa shape index (κ2) is 6.16. The topological polar surface area (TPSA) is 58.6 Å². The molecule has 2 rings (SSSR count). The highest BCUT2D eigenvalue weighted by atomic mass is 79.9. The summed E-state index contributed by atoms with van der Waals surface area (Å²) in [5.74, 6) is -0.239. The smallest absolute Gasteiger partial charge is 0.325 e. The number of urea groups is 1. The minimum atomic E-state index is -0.621. The molecule has 1 saturated heterocycles. The minimum absolute atomic E-state index is 0.239. The van der Waals surface area contributed by atoms with Crippen molar-refractivity contribution in [2.45, 2.75) is 13.0 Å². The van der Waals surface area contributed by atoms with E-state index >= 15 is 0 Å². The molecule has 1 atom stereocenters. The molecule has 1 heterocycles. The van der Waals surface area contributed by atoms with E-state index in [2.05, 4.69) is 21.2 Å². The maximum atomic E-state index is 12.2. The lowest BCUT2D eigenvalue weighted by molar-refractivity contribution is -0.128. The number of halogens is 1. The predicted molar refractivity (Wildman–Crippen MR) is 73.6 cm³/mol. The number of hydrogen-bond acceptors (Lipinski definition) is 3. The third-order valence-corrected chi connectivity index (χ3v) is 3.63. The lowest BCUT2D eigenvalue weighted by atomic mass is 10.1. The Morgan fingerprint density at radius 2 is 2.11 bits per heavy atom. The molecule has 1 aromatic rings. The molecule has 0 bridgehead atoms. The molecule has 0 spiro atoms. The van der Waals surface area contributed by atoms with E-state index in [4.69, 9.17) is 4.74 Å². The lowest BCUT2D eigenvalue weighted by Gasteiger charge is -2.13. The fourth-order valence-electron chi connectivity index (χ4n) is 1.95. The van der Waals surface area contributed by atoms with Crippen molar-refractivity contribution in [1.29, 1.82) is 0 Å². The number of imide groups is 1. The van der Waals surface area contributed by atoms with Gasteiger partial charge in [0, 0.05) is 11.1 Å². The molecule has 6 heteroatoms. The quantitative estimate of drug-likeness (QED) is 0.665. The fraction of sp³-hybridized carbons (Fsp3) is 0.385. The van der Waals surface area contributed by atoms with Crippen LogP contribution in [0.15, 0.2) is 28.7 Å². The van der Waals surface area contributed by atoms with E-state index in [1.54, 1.807) is 0 Å². The van der Waals surface area contributed by atoms with Crippen LogP contribution in [0, 0.1) is 0 Å². The molecule has 1 N–H and O–H groups in total. The Hall–Kier alpha value is -1.40. The Morgan fingerprint density at radius 1 is 1.37 bits per heavy atom. The molecule has 102 valence electrons. The van der Waals surface area contributed by atoms with Gasteiger partial charge in [-0.05, 0) is 18.6 Å². The van der Waals surface area contributed by atoms with Gasteiger partial charge >= 0.3 is 6.03 Å². The number of carbonyl (C=O) groups is 2. The van der Waals surface area contributed by atoms with Crippen molar-refractivity contribution in [3.05, 3.63) is 34.3 Å². The van der Waals surface area contributed by atoms with Crippen molar-refractivity contribution in [3.63, 3.8) is 0 Å². The second-order valence-corrected chi connectivity index (χ2v) is 4.95. The average Bonchev–Trinajstić information content (AvgIpc) is 2.67. The summed E-state index contributed by atoms with van der Waals surface area (Å²) in [6, 6.07) is 6.37. The molecule has 0 radical (unpaired) electrons. The van der Waals surface area contributed by atoms with Crippen LogP contribution in [-0.2, 0) is 9.53 Å². The molecule has 0 aliphatic carbocycles. The first-order valence-electron chi connectivity index (χ1n) is 6.09. The summed E-state index contributed by atoms with van der Waals surface area (Å²) in [5, 5.41) is 2.69. The third kappa shape index (κ3) is 2.96. The van der Waals surface area contributed by atoms with Gasteiger partial charge in [-0.1, -0.05) is 34.1 Å². The normalized spacial score (nSPS) is 18.8. The van der Waals surface area contributed by atoms with E-state index in [1.165, 1.54) is 4.90 Å². The average molecular weight is 327 g/mol. The van der Waals surface area contributed by atoms with Crippen LogP contribution in [-0.4, -0.2) is 36.6 Å². The standard InChI is InChI=1S/C13H15BrN2O3/c1-2-19-8-7-16-12(17)11(15-13(16)18)9-5-3-4-6-10(9)14/h3-6,11H,2,7-8H2,1H3,(H,15,18). The number of carbonyl (C=O) groups excluding carboxylic acids is 2. The monoisotopic (exact) mass is 326 g/mol. The van der Waals surface area contributed by atoms with Gasteiger partial charge in [-0.3, -0.25) is 9.69 Å². The number of nitrogens with one attached hydrogen (secondary N) is 1. The summed E-state index contributed by atoms with van der Waals surface area (Å²) in [5.41, 5.74) is 0.764. The van der Waals surface area contributed by atoms with Gasteiger partial charge in [0.1, 0.15) is 6.04 Å². The molecule has 5 nitrogen and oxygen atoms in total. The van der Waals surface area contributed by atoms with Crippen LogP contribution in [0.4, 0.5) is 4.79 Å². The van der Waals surface area contributed by atoms with Crippen molar-refractivity contribution >= 4 is 27.9 Å². The van der Waals surface area contributed by atoms with Crippen LogP contribution in [0.25, 0.3) is 0 Å². The zero-order valence-electron chi connectivity index (χ0n) is 10.6. The minimum Gasteiger partial charge on any atom is -0.380 e. The van der Waals surface area contributed by atoms with Crippen LogP contribution in [0.3, 0.4) is 0 Å². The first kappa shape index (κ1) is 14.0. The summed E-state index contributed by atoms with van der Waals surface area (Å²) in [7, 11) is 0. The molecule has 1 aromatic carbocycles. The largest absolute Gasteiger partial charge is 0.380 e. The molecule has 1 unspecified atom stereocenters. The zero-order valence-corrected chi connectivity index (χ0v) is 12.1. The SMILES string of the molecule is CCOCCN1C(=O)NC(c2ccccc2Br)C1=O. The molecular weight excluding hydrogens is 312 g/mol. The van der Waals surface area contributed by atoms with E-state index in [0.717, 1.165) is 10.0 Å². The summed E-state index contributed by atoms with van der Waals surface area (Å²) < 4.78 is 5.98. The maximum Gasteiger partial charge on any atom is 0.325 e. The van der Waals surface area contributed by atoms with Crippen LogP contribution in [0.2, 0.25) is 0 Å². The summed E-state index contributed by atoms with van der Waals surface area (Å²) in [6.07, 6.45) is 0. The van der Waals surface area contributed by atoms with Crippen LogP contribution in [0.1, 0.15) is 18.5 Å². The molecule has 0 saturated carbocycles. The molecule has 19 heavy (non-hydrogen) atoms. The lowest BCUT2D eigenvalue weighted by Crippen LogP contribution is -2.34. The van der Waals surface area contributed by atoms with Crippen molar-refractivity contribution < 1.29 is 14.3 Å². The Bertz CT molecular complexity index is 493. The summed E-state index contributed by atoms with van der Waals surface area (Å²) >= 11 is 3.39. The molecule has 0 aromatic heterocycles. The number of nitrogens with zero attached hydrogens (tertiary/aromatic N) is 1. The van der Waals surface area contributed by atoms with Crippen LogP contribution >= 0.6 is 15.9 Å². The van der Waals surface area contributed by atoms with Gasteiger partial charge < -0.3 is 10.1 Å². The zero-order chi connectivity index (χ0) is 13.8. The van der Waals surface area contributed by atoms with E-state index in [1.807, 2.05) is 31.2 Å². The highest BCUT2D eigenvalue weighted by molar-refractivity contribution is 9.10. The van der Waals surface area contributed by atoms with E-state index < -0.39 is 6.04 Å². The van der Waals surface area contributed by atoms with Gasteiger partial charge in [-0.2, -0.15) is 0 Å². The fourth-order valence-corrected chi connectivity index (χ4v) is 2.46. The van der Waals surface area contributed by atoms with E-state index in [-0.39, 0.29) is 18.5 Å². The number of ether oxygens (including phenoxy) is 1. The highest BCUT2D eigenvalue weighted by Gasteiger charge is 2.39. The molecule has 3 amide bonds. The van der Waals surface area contributed by atoms with E-state index in [0.29, 0.717) is 13.2 Å². The van der Waals surface area contributed by atoms with Crippen molar-refractivity contribution in [3.8, 4) is 0 Å². The second-order valence-electron chi connectivity index (χ2n) is 4.09. The molecule has 1 fully saturated rings. The van der Waals surface area contributed by atoms with Gasteiger partial charge in [-0.25, -0.2) is 4.79 Å². The van der Waals surface area contributed by atoms with Gasteiger partial charge in [0.25, 0.3) is 5.91 Å². The highest BCUT2D eigenvalue weighted by Crippen LogP contribution is 2.27. The Balaban J connectivity index is 2.12.